The van der Waals surface area contributed by atoms with Crippen molar-refractivity contribution in [1.29, 1.82) is 0 Å². The predicted molar refractivity (Wildman–Crippen MR) is 86.3 cm³/mol. The second kappa shape index (κ2) is 6.83. The highest BCUT2D eigenvalue weighted by molar-refractivity contribution is 6.38. The van der Waals surface area contributed by atoms with Crippen LogP contribution < -0.4 is 5.32 Å². The summed E-state index contributed by atoms with van der Waals surface area (Å²) >= 11 is 6.30. The first-order valence-electron chi connectivity index (χ1n) is 7.24. The molecular formula is C16H19ClN2O3. The number of benzene rings is 1. The number of para-hydroxylation sites is 1. The van der Waals surface area contributed by atoms with Gasteiger partial charge in [-0.2, -0.15) is 0 Å². The van der Waals surface area contributed by atoms with Crippen LogP contribution in [-0.2, 0) is 11.8 Å². The molecule has 0 aliphatic heterocycles. The van der Waals surface area contributed by atoms with Gasteiger partial charge in [-0.1, -0.05) is 49.6 Å². The van der Waals surface area contributed by atoms with E-state index < -0.39 is 17.9 Å². The molecule has 0 saturated heterocycles. The van der Waals surface area contributed by atoms with Crippen LogP contribution in [-0.4, -0.2) is 27.6 Å². The van der Waals surface area contributed by atoms with Crippen LogP contribution >= 0.6 is 11.6 Å². The first-order valence-corrected chi connectivity index (χ1v) is 7.61. The van der Waals surface area contributed by atoms with E-state index in [0.29, 0.717) is 11.4 Å². The molecule has 0 spiro atoms. The molecule has 22 heavy (non-hydrogen) atoms. The van der Waals surface area contributed by atoms with Gasteiger partial charge in [0.2, 0.25) is 0 Å². The molecule has 1 aromatic heterocycles. The van der Waals surface area contributed by atoms with Gasteiger partial charge in [-0.3, -0.25) is 4.79 Å². The summed E-state index contributed by atoms with van der Waals surface area (Å²) in [6.07, 6.45) is 2.01. The van der Waals surface area contributed by atoms with Crippen molar-refractivity contribution in [2.75, 3.05) is 0 Å². The van der Waals surface area contributed by atoms with Crippen LogP contribution in [0.4, 0.5) is 0 Å². The fraction of sp³-hybridized carbons (Fsp3) is 0.375. The van der Waals surface area contributed by atoms with E-state index in [2.05, 4.69) is 5.32 Å². The molecule has 2 N–H and O–H groups in total. The van der Waals surface area contributed by atoms with Gasteiger partial charge in [0.15, 0.2) is 0 Å². The Labute approximate surface area is 133 Å². The van der Waals surface area contributed by atoms with Crippen molar-refractivity contribution in [3.8, 4) is 0 Å². The highest BCUT2D eigenvalue weighted by Gasteiger charge is 2.24. The zero-order valence-electron chi connectivity index (χ0n) is 12.6. The van der Waals surface area contributed by atoms with Crippen molar-refractivity contribution >= 4 is 34.4 Å². The van der Waals surface area contributed by atoms with Crippen LogP contribution in [0.25, 0.3) is 10.9 Å². The summed E-state index contributed by atoms with van der Waals surface area (Å²) in [4.78, 5) is 23.7. The third-order valence-electron chi connectivity index (χ3n) is 3.71. The van der Waals surface area contributed by atoms with Crippen LogP contribution in [0.5, 0.6) is 0 Å². The second-order valence-corrected chi connectivity index (χ2v) is 5.62. The molecule has 118 valence electrons. The molecule has 0 fully saturated rings. The van der Waals surface area contributed by atoms with Crippen LogP contribution in [0, 0.1) is 0 Å². The maximum absolute atomic E-state index is 12.5. The summed E-state index contributed by atoms with van der Waals surface area (Å²) in [5.74, 6) is -1.50. The van der Waals surface area contributed by atoms with Gasteiger partial charge in [-0.25, -0.2) is 4.79 Å². The number of nitrogens with zero attached hydrogens (tertiary/aromatic N) is 1. The van der Waals surface area contributed by atoms with Crippen LogP contribution in [0.15, 0.2) is 24.3 Å². The monoisotopic (exact) mass is 322 g/mol. The normalized spacial score (nSPS) is 12.3. The molecule has 1 heterocycles. The van der Waals surface area contributed by atoms with Crippen LogP contribution in [0.1, 0.15) is 36.7 Å². The topological polar surface area (TPSA) is 71.3 Å². The maximum atomic E-state index is 12.5. The van der Waals surface area contributed by atoms with Crippen molar-refractivity contribution < 1.29 is 14.7 Å². The Bertz CT molecular complexity index is 670. The number of fused-ring (bicyclic) bond motifs is 1. The molecule has 6 heteroatoms. The number of carbonyl (C=O) groups is 2. The fourth-order valence-electron chi connectivity index (χ4n) is 2.49. The van der Waals surface area contributed by atoms with E-state index in [1.807, 2.05) is 31.2 Å². The predicted octanol–water partition coefficient (Wildman–Crippen LogP) is 3.20. The van der Waals surface area contributed by atoms with Gasteiger partial charge in [-0.15, -0.1) is 0 Å². The van der Waals surface area contributed by atoms with Crippen molar-refractivity contribution in [2.45, 2.75) is 32.2 Å². The SMILES string of the molecule is CCCCC(NC(=O)c1c(Cl)c2ccccc2n1C)C(=O)O. The molecule has 5 nitrogen and oxygen atoms in total. The van der Waals surface area contributed by atoms with E-state index >= 15 is 0 Å². The third kappa shape index (κ3) is 3.09. The number of rotatable bonds is 6. The summed E-state index contributed by atoms with van der Waals surface area (Å²) in [6.45, 7) is 1.97. The Hall–Kier alpha value is -2.01. The Kier molecular flexibility index (Phi) is 5.08. The molecule has 1 amide bonds. The number of halogens is 1. The number of nitrogens with one attached hydrogen (secondary N) is 1. The van der Waals surface area contributed by atoms with Crippen molar-refractivity contribution in [2.24, 2.45) is 7.05 Å². The van der Waals surface area contributed by atoms with Crippen molar-refractivity contribution in [1.82, 2.24) is 9.88 Å². The Morgan fingerprint density at radius 1 is 1.36 bits per heavy atom. The minimum Gasteiger partial charge on any atom is -0.480 e. The highest BCUT2D eigenvalue weighted by atomic mass is 35.5. The number of hydrogen-bond acceptors (Lipinski definition) is 2. The Morgan fingerprint density at radius 3 is 2.64 bits per heavy atom. The molecular weight excluding hydrogens is 304 g/mol. The average Bonchev–Trinajstić information content (AvgIpc) is 2.75. The first-order chi connectivity index (χ1) is 10.5. The van der Waals surface area contributed by atoms with Crippen molar-refractivity contribution in [3.05, 3.63) is 35.0 Å². The van der Waals surface area contributed by atoms with E-state index in [0.717, 1.165) is 23.7 Å². The number of carbonyl (C=O) groups excluding carboxylic acids is 1. The number of unbranched alkanes of at least 4 members (excludes halogenated alkanes) is 1. The molecule has 0 saturated carbocycles. The molecule has 0 radical (unpaired) electrons. The minimum atomic E-state index is -1.03. The summed E-state index contributed by atoms with van der Waals surface area (Å²) in [5, 5.41) is 12.9. The Balaban J connectivity index is 2.31. The average molecular weight is 323 g/mol. The fourth-order valence-corrected chi connectivity index (χ4v) is 2.86. The molecule has 2 rings (SSSR count). The molecule has 1 unspecified atom stereocenters. The zero-order chi connectivity index (χ0) is 16.3. The lowest BCUT2D eigenvalue weighted by atomic mass is 10.1. The summed E-state index contributed by atoms with van der Waals surface area (Å²) < 4.78 is 1.69. The minimum absolute atomic E-state index is 0.283. The summed E-state index contributed by atoms with van der Waals surface area (Å²) in [6, 6.07) is 6.50. The number of carboxylic acid groups (broad SMARTS) is 1. The number of aromatic nitrogens is 1. The molecule has 2 aromatic rings. The van der Waals surface area contributed by atoms with Gasteiger partial charge in [0.05, 0.1) is 5.02 Å². The summed E-state index contributed by atoms with van der Waals surface area (Å²) in [7, 11) is 1.74. The smallest absolute Gasteiger partial charge is 0.326 e. The van der Waals surface area contributed by atoms with Gasteiger partial charge < -0.3 is 15.0 Å². The Morgan fingerprint density at radius 2 is 2.05 bits per heavy atom. The summed E-state index contributed by atoms with van der Waals surface area (Å²) in [5.41, 5.74) is 1.11. The van der Waals surface area contributed by atoms with E-state index in [1.165, 1.54) is 0 Å². The largest absolute Gasteiger partial charge is 0.480 e. The quantitative estimate of drug-likeness (QED) is 0.858. The van der Waals surface area contributed by atoms with Gasteiger partial charge in [-0.05, 0) is 12.5 Å². The van der Waals surface area contributed by atoms with Crippen LogP contribution in [0.3, 0.4) is 0 Å². The number of amides is 1. The second-order valence-electron chi connectivity index (χ2n) is 5.25. The van der Waals surface area contributed by atoms with E-state index in [-0.39, 0.29) is 5.69 Å². The molecule has 0 aliphatic rings. The van der Waals surface area contributed by atoms with Crippen molar-refractivity contribution in [3.63, 3.8) is 0 Å². The lowest BCUT2D eigenvalue weighted by Crippen LogP contribution is -2.41. The number of aliphatic carboxylic acids is 1. The molecule has 1 atom stereocenters. The standard InChI is InChI=1S/C16H19ClN2O3/c1-3-4-8-11(16(21)22)18-15(20)14-13(17)10-7-5-6-9-12(10)19(14)2/h5-7,9,11H,3-4,8H2,1-2H3,(H,18,20)(H,21,22). The molecule has 1 aromatic carbocycles. The molecule has 0 aliphatic carbocycles. The van der Waals surface area contributed by atoms with Gasteiger partial charge in [0.25, 0.3) is 5.91 Å². The van der Waals surface area contributed by atoms with Gasteiger partial charge in [0, 0.05) is 18.0 Å². The number of carboxylic acids is 1. The van der Waals surface area contributed by atoms with Gasteiger partial charge >= 0.3 is 5.97 Å². The van der Waals surface area contributed by atoms with E-state index in [9.17, 15) is 14.7 Å². The lowest BCUT2D eigenvalue weighted by molar-refractivity contribution is -0.139. The van der Waals surface area contributed by atoms with E-state index in [1.54, 1.807) is 11.6 Å². The van der Waals surface area contributed by atoms with Gasteiger partial charge in [0.1, 0.15) is 11.7 Å². The first kappa shape index (κ1) is 16.4. The molecule has 0 bridgehead atoms. The zero-order valence-corrected chi connectivity index (χ0v) is 13.4. The maximum Gasteiger partial charge on any atom is 0.326 e. The third-order valence-corrected chi connectivity index (χ3v) is 4.09. The number of hydrogen-bond donors (Lipinski definition) is 2. The van der Waals surface area contributed by atoms with Crippen LogP contribution in [0.2, 0.25) is 5.02 Å². The number of aryl methyl sites for hydroxylation is 1. The van der Waals surface area contributed by atoms with E-state index in [4.69, 9.17) is 11.6 Å². The lowest BCUT2D eigenvalue weighted by Gasteiger charge is -2.14. The highest BCUT2D eigenvalue weighted by Crippen LogP contribution is 2.29.